The predicted molar refractivity (Wildman–Crippen MR) is 159 cm³/mol. The molecule has 1 heterocycles. The molecule has 0 saturated heterocycles. The van der Waals surface area contributed by atoms with Crippen molar-refractivity contribution in [2.75, 3.05) is 13.2 Å². The number of hydrogen-bond donors (Lipinski definition) is 0. The van der Waals surface area contributed by atoms with Crippen molar-refractivity contribution >= 4 is 0 Å². The summed E-state index contributed by atoms with van der Waals surface area (Å²) in [5.74, 6) is 2.01. The molecule has 1 aromatic heterocycles. The van der Waals surface area contributed by atoms with E-state index in [1.54, 1.807) is 0 Å². The van der Waals surface area contributed by atoms with E-state index in [1.165, 1.54) is 48.1 Å². The van der Waals surface area contributed by atoms with Crippen LogP contribution in [0.5, 0.6) is 5.75 Å². The first-order chi connectivity index (χ1) is 18.7. The van der Waals surface area contributed by atoms with Gasteiger partial charge in [-0.3, -0.25) is 4.90 Å². The average molecular weight is 510 g/mol. The number of imidazole rings is 1. The average Bonchev–Trinajstić information content (AvgIpc) is 3.32. The van der Waals surface area contributed by atoms with Gasteiger partial charge in [-0.1, -0.05) is 106 Å². The summed E-state index contributed by atoms with van der Waals surface area (Å²) < 4.78 is 8.18. The smallest absolute Gasteiger partial charge is 0.140 e. The van der Waals surface area contributed by atoms with Crippen LogP contribution in [0.25, 0.3) is 22.6 Å². The minimum atomic E-state index is 0.690. The van der Waals surface area contributed by atoms with Crippen LogP contribution < -0.4 is 4.74 Å². The summed E-state index contributed by atoms with van der Waals surface area (Å²) in [6.07, 6.45) is 5.93. The Kier molecular flexibility index (Phi) is 10.6. The summed E-state index contributed by atoms with van der Waals surface area (Å²) in [7, 11) is 0. The largest absolute Gasteiger partial charge is 0.494 e. The molecule has 0 aliphatic rings. The fourth-order valence-corrected chi connectivity index (χ4v) is 4.97. The van der Waals surface area contributed by atoms with Crippen LogP contribution in [0.2, 0.25) is 0 Å². The van der Waals surface area contributed by atoms with E-state index in [4.69, 9.17) is 9.72 Å². The monoisotopic (exact) mass is 509 g/mol. The Hall–Kier alpha value is -3.37. The Bertz CT molecular complexity index is 1220. The van der Waals surface area contributed by atoms with E-state index in [-0.39, 0.29) is 0 Å². The predicted octanol–water partition coefficient (Wildman–Crippen LogP) is 8.61. The highest BCUT2D eigenvalue weighted by Gasteiger charge is 2.22. The molecule has 0 amide bonds. The van der Waals surface area contributed by atoms with Crippen LogP contribution in [0.15, 0.2) is 84.9 Å². The van der Waals surface area contributed by atoms with Gasteiger partial charge in [0.25, 0.3) is 0 Å². The quantitative estimate of drug-likeness (QED) is 0.150. The lowest BCUT2D eigenvalue weighted by Crippen LogP contribution is -2.26. The van der Waals surface area contributed by atoms with Crippen LogP contribution in [-0.4, -0.2) is 27.6 Å². The second-order valence-corrected chi connectivity index (χ2v) is 9.96. The summed E-state index contributed by atoms with van der Waals surface area (Å²) in [4.78, 5) is 7.91. The van der Waals surface area contributed by atoms with Crippen LogP contribution in [-0.2, 0) is 19.6 Å². The molecule has 0 N–H and O–H groups in total. The molecule has 0 unspecified atom stereocenters. The zero-order chi connectivity index (χ0) is 26.6. The molecule has 0 bridgehead atoms. The van der Waals surface area contributed by atoms with E-state index >= 15 is 0 Å². The molecule has 3 aromatic carbocycles. The first kappa shape index (κ1) is 27.7. The summed E-state index contributed by atoms with van der Waals surface area (Å²) in [6.45, 7) is 11.1. The van der Waals surface area contributed by atoms with Gasteiger partial charge < -0.3 is 9.30 Å². The van der Waals surface area contributed by atoms with Gasteiger partial charge in [-0.25, -0.2) is 4.98 Å². The third-order valence-corrected chi connectivity index (χ3v) is 6.98. The first-order valence-electron chi connectivity index (χ1n) is 14.4. The highest BCUT2D eigenvalue weighted by atomic mass is 16.5. The molecule has 0 saturated carbocycles. The van der Waals surface area contributed by atoms with Gasteiger partial charge in [-0.05, 0) is 44.0 Å². The van der Waals surface area contributed by atoms with Crippen LogP contribution >= 0.6 is 0 Å². The fraction of sp³-hybridized carbons (Fsp3) is 0.382. The molecule has 0 aliphatic heterocycles. The minimum absolute atomic E-state index is 0.690. The van der Waals surface area contributed by atoms with Gasteiger partial charge >= 0.3 is 0 Å². The summed E-state index contributed by atoms with van der Waals surface area (Å²) in [5.41, 5.74) is 6.10. The Morgan fingerprint density at radius 1 is 0.711 bits per heavy atom. The summed E-state index contributed by atoms with van der Waals surface area (Å²) in [6, 6.07) is 30.0. The summed E-state index contributed by atoms with van der Waals surface area (Å²) >= 11 is 0. The molecule has 0 atom stereocenters. The maximum atomic E-state index is 5.67. The zero-order valence-electron chi connectivity index (χ0n) is 23.4. The number of benzene rings is 3. The number of ether oxygens (including phenoxy) is 1. The molecule has 38 heavy (non-hydrogen) atoms. The van der Waals surface area contributed by atoms with Crippen molar-refractivity contribution in [3.8, 4) is 28.4 Å². The lowest BCUT2D eigenvalue weighted by molar-refractivity contribution is 0.246. The lowest BCUT2D eigenvalue weighted by atomic mass is 10.1. The van der Waals surface area contributed by atoms with E-state index in [0.717, 1.165) is 49.9 Å². The number of aromatic nitrogens is 2. The molecule has 0 radical (unpaired) electrons. The maximum Gasteiger partial charge on any atom is 0.140 e. The van der Waals surface area contributed by atoms with Gasteiger partial charge in [0.2, 0.25) is 0 Å². The third-order valence-electron chi connectivity index (χ3n) is 6.98. The number of rotatable bonds is 15. The van der Waals surface area contributed by atoms with E-state index in [0.29, 0.717) is 6.61 Å². The Balaban J connectivity index is 1.74. The maximum absolute atomic E-state index is 5.67. The van der Waals surface area contributed by atoms with Crippen LogP contribution in [0, 0.1) is 0 Å². The molecule has 200 valence electrons. The second kappa shape index (κ2) is 14.5. The van der Waals surface area contributed by atoms with Gasteiger partial charge in [0.15, 0.2) is 0 Å². The normalized spacial score (nSPS) is 11.3. The Labute approximate surface area is 229 Å². The van der Waals surface area contributed by atoms with Crippen molar-refractivity contribution in [2.24, 2.45) is 0 Å². The topological polar surface area (TPSA) is 30.3 Å². The zero-order valence-corrected chi connectivity index (χ0v) is 23.4. The van der Waals surface area contributed by atoms with E-state index in [1.807, 2.05) is 6.92 Å². The van der Waals surface area contributed by atoms with Crippen LogP contribution in [0.4, 0.5) is 0 Å². The van der Waals surface area contributed by atoms with Crippen molar-refractivity contribution in [3.63, 3.8) is 0 Å². The van der Waals surface area contributed by atoms with E-state index in [2.05, 4.69) is 108 Å². The van der Waals surface area contributed by atoms with E-state index in [9.17, 15) is 0 Å². The van der Waals surface area contributed by atoms with Gasteiger partial charge in [0.1, 0.15) is 11.6 Å². The first-order valence-corrected chi connectivity index (χ1v) is 14.4. The molecule has 4 rings (SSSR count). The summed E-state index contributed by atoms with van der Waals surface area (Å²) in [5, 5.41) is 0. The number of unbranched alkanes of at least 4 members (excludes halogenated alkanes) is 3. The van der Waals surface area contributed by atoms with Gasteiger partial charge in [-0.2, -0.15) is 0 Å². The van der Waals surface area contributed by atoms with Crippen LogP contribution in [0.3, 0.4) is 0 Å². The molecule has 0 fully saturated rings. The minimum Gasteiger partial charge on any atom is -0.494 e. The Morgan fingerprint density at radius 3 is 2.00 bits per heavy atom. The van der Waals surface area contributed by atoms with Gasteiger partial charge in [0.05, 0.1) is 18.0 Å². The second-order valence-electron chi connectivity index (χ2n) is 9.96. The standard InChI is InChI=1S/C34H43N3O/c1-4-7-15-25-37-32(27-36(24-8-5-2)26-28-20-22-31(23-21-28)38-6-3)33(29-16-11-9-12-17-29)35-34(37)30-18-13-10-14-19-30/h9-14,16-23H,4-8,15,24-27H2,1-3H3. The van der Waals surface area contributed by atoms with Crippen molar-refractivity contribution in [1.82, 2.24) is 14.5 Å². The number of nitrogens with zero attached hydrogens (tertiary/aromatic N) is 3. The molecule has 0 aliphatic carbocycles. The van der Waals surface area contributed by atoms with Crippen molar-refractivity contribution < 1.29 is 4.74 Å². The fourth-order valence-electron chi connectivity index (χ4n) is 4.97. The van der Waals surface area contributed by atoms with Crippen LogP contribution in [0.1, 0.15) is 64.1 Å². The molecule has 4 heteroatoms. The molecular formula is C34H43N3O. The highest BCUT2D eigenvalue weighted by Crippen LogP contribution is 2.31. The van der Waals surface area contributed by atoms with Gasteiger partial charge in [0, 0.05) is 30.8 Å². The Morgan fingerprint density at radius 2 is 1.37 bits per heavy atom. The van der Waals surface area contributed by atoms with Crippen molar-refractivity contribution in [3.05, 3.63) is 96.2 Å². The molecular weight excluding hydrogens is 466 g/mol. The molecule has 0 spiro atoms. The third kappa shape index (κ3) is 7.35. The number of hydrogen-bond acceptors (Lipinski definition) is 3. The van der Waals surface area contributed by atoms with Crippen molar-refractivity contribution in [2.45, 2.75) is 72.5 Å². The highest BCUT2D eigenvalue weighted by molar-refractivity contribution is 5.68. The molecule has 4 nitrogen and oxygen atoms in total. The van der Waals surface area contributed by atoms with E-state index < -0.39 is 0 Å². The lowest BCUT2D eigenvalue weighted by Gasteiger charge is -2.24. The van der Waals surface area contributed by atoms with Gasteiger partial charge in [-0.15, -0.1) is 0 Å². The molecule has 4 aromatic rings. The van der Waals surface area contributed by atoms with Crippen molar-refractivity contribution in [1.29, 1.82) is 0 Å². The SMILES string of the molecule is CCCCCn1c(-c2ccccc2)nc(-c2ccccc2)c1CN(CCCC)Cc1ccc(OCC)cc1.